The molecule has 0 atom stereocenters. The molecule has 0 bridgehead atoms. The number of amides is 2. The second-order valence-electron chi connectivity index (χ2n) is 6.00. The number of hydrogen-bond donors (Lipinski definition) is 2. The Kier molecular flexibility index (Phi) is 6.23. The summed E-state index contributed by atoms with van der Waals surface area (Å²) in [7, 11) is 0. The molecule has 0 aliphatic carbocycles. The van der Waals surface area contributed by atoms with Crippen LogP contribution in [0.25, 0.3) is 0 Å². The summed E-state index contributed by atoms with van der Waals surface area (Å²) in [5.41, 5.74) is 2.52. The molecule has 3 aromatic rings. The molecule has 0 spiro atoms. The molecular formula is C22H19ClN2O2. The first-order chi connectivity index (χ1) is 13.1. The lowest BCUT2D eigenvalue weighted by atomic mass is 10.1. The van der Waals surface area contributed by atoms with E-state index in [4.69, 9.17) is 11.6 Å². The van der Waals surface area contributed by atoms with E-state index in [2.05, 4.69) is 10.6 Å². The van der Waals surface area contributed by atoms with E-state index in [0.717, 1.165) is 12.0 Å². The van der Waals surface area contributed by atoms with Gasteiger partial charge in [-0.25, -0.2) is 0 Å². The maximum atomic E-state index is 12.5. The van der Waals surface area contributed by atoms with Gasteiger partial charge in [0.25, 0.3) is 11.8 Å². The van der Waals surface area contributed by atoms with Crippen molar-refractivity contribution in [1.29, 1.82) is 0 Å². The first kappa shape index (κ1) is 18.7. The number of halogens is 1. The van der Waals surface area contributed by atoms with Crippen molar-refractivity contribution in [3.63, 3.8) is 0 Å². The molecule has 0 unspecified atom stereocenters. The fourth-order valence-electron chi connectivity index (χ4n) is 2.65. The minimum atomic E-state index is -0.295. The van der Waals surface area contributed by atoms with Crippen molar-refractivity contribution in [3.8, 4) is 0 Å². The van der Waals surface area contributed by atoms with E-state index in [0.29, 0.717) is 28.4 Å². The van der Waals surface area contributed by atoms with Crippen LogP contribution in [0.2, 0.25) is 5.02 Å². The first-order valence-corrected chi connectivity index (χ1v) is 8.99. The van der Waals surface area contributed by atoms with Gasteiger partial charge in [-0.1, -0.05) is 54.1 Å². The van der Waals surface area contributed by atoms with Crippen LogP contribution < -0.4 is 10.6 Å². The lowest BCUT2D eigenvalue weighted by Crippen LogP contribution is -2.27. The molecule has 0 aromatic heterocycles. The van der Waals surface area contributed by atoms with Gasteiger partial charge in [0.05, 0.1) is 11.3 Å². The van der Waals surface area contributed by atoms with Crippen LogP contribution in [0.1, 0.15) is 26.3 Å². The van der Waals surface area contributed by atoms with E-state index in [1.165, 1.54) is 0 Å². The highest BCUT2D eigenvalue weighted by Crippen LogP contribution is 2.17. The minimum absolute atomic E-state index is 0.224. The first-order valence-electron chi connectivity index (χ1n) is 8.61. The molecule has 136 valence electrons. The van der Waals surface area contributed by atoms with Crippen LogP contribution in [0.3, 0.4) is 0 Å². The van der Waals surface area contributed by atoms with E-state index in [1.54, 1.807) is 48.5 Å². The van der Waals surface area contributed by atoms with Gasteiger partial charge in [0, 0.05) is 17.1 Å². The number of carbonyl (C=O) groups excluding carboxylic acids is 2. The van der Waals surface area contributed by atoms with Crippen molar-refractivity contribution in [2.75, 3.05) is 11.9 Å². The van der Waals surface area contributed by atoms with Gasteiger partial charge in [0.15, 0.2) is 0 Å². The third-order valence-electron chi connectivity index (χ3n) is 4.07. The van der Waals surface area contributed by atoms with E-state index in [-0.39, 0.29) is 11.8 Å². The van der Waals surface area contributed by atoms with Gasteiger partial charge in [0.2, 0.25) is 0 Å². The summed E-state index contributed by atoms with van der Waals surface area (Å²) < 4.78 is 0. The number of hydrogen-bond acceptors (Lipinski definition) is 2. The summed E-state index contributed by atoms with van der Waals surface area (Å²) >= 11 is 5.85. The van der Waals surface area contributed by atoms with Gasteiger partial charge in [0.1, 0.15) is 0 Å². The summed E-state index contributed by atoms with van der Waals surface area (Å²) in [6, 6.07) is 23.5. The van der Waals surface area contributed by atoms with E-state index in [9.17, 15) is 9.59 Å². The molecule has 0 aliphatic heterocycles. The van der Waals surface area contributed by atoms with Crippen LogP contribution in [0.15, 0.2) is 78.9 Å². The Morgan fingerprint density at radius 2 is 1.44 bits per heavy atom. The predicted molar refractivity (Wildman–Crippen MR) is 108 cm³/mol. The SMILES string of the molecule is O=C(Nc1ccccc1C(=O)NCCc1ccccc1)c1ccc(Cl)cc1. The Morgan fingerprint density at radius 1 is 0.778 bits per heavy atom. The largest absolute Gasteiger partial charge is 0.352 e. The van der Waals surface area contributed by atoms with E-state index in [1.807, 2.05) is 30.3 Å². The van der Waals surface area contributed by atoms with Crippen LogP contribution in [-0.4, -0.2) is 18.4 Å². The highest BCUT2D eigenvalue weighted by atomic mass is 35.5. The maximum Gasteiger partial charge on any atom is 0.255 e. The molecule has 2 amide bonds. The van der Waals surface area contributed by atoms with Crippen LogP contribution >= 0.6 is 11.6 Å². The van der Waals surface area contributed by atoms with Gasteiger partial charge in [-0.3, -0.25) is 9.59 Å². The van der Waals surface area contributed by atoms with Gasteiger partial charge in [-0.15, -0.1) is 0 Å². The Balaban J connectivity index is 1.65. The van der Waals surface area contributed by atoms with Gasteiger partial charge in [-0.05, 0) is 48.4 Å². The van der Waals surface area contributed by atoms with E-state index >= 15 is 0 Å². The van der Waals surface area contributed by atoms with Crippen molar-refractivity contribution < 1.29 is 9.59 Å². The molecule has 2 N–H and O–H groups in total. The molecule has 5 heteroatoms. The molecular weight excluding hydrogens is 360 g/mol. The third kappa shape index (κ3) is 5.19. The Morgan fingerprint density at radius 3 is 2.19 bits per heavy atom. The summed E-state index contributed by atoms with van der Waals surface area (Å²) in [5, 5.41) is 6.25. The van der Waals surface area contributed by atoms with Gasteiger partial charge in [-0.2, -0.15) is 0 Å². The number of rotatable bonds is 6. The topological polar surface area (TPSA) is 58.2 Å². The maximum absolute atomic E-state index is 12.5. The van der Waals surface area contributed by atoms with Gasteiger partial charge >= 0.3 is 0 Å². The zero-order valence-corrected chi connectivity index (χ0v) is 15.4. The smallest absolute Gasteiger partial charge is 0.255 e. The van der Waals surface area contributed by atoms with Crippen LogP contribution in [0.5, 0.6) is 0 Å². The third-order valence-corrected chi connectivity index (χ3v) is 4.32. The molecule has 27 heavy (non-hydrogen) atoms. The van der Waals surface area contributed by atoms with Crippen LogP contribution in [0, 0.1) is 0 Å². The lowest BCUT2D eigenvalue weighted by Gasteiger charge is -2.11. The molecule has 0 radical (unpaired) electrons. The predicted octanol–water partition coefficient (Wildman–Crippen LogP) is 4.56. The van der Waals surface area contributed by atoms with Gasteiger partial charge < -0.3 is 10.6 Å². The highest BCUT2D eigenvalue weighted by Gasteiger charge is 2.13. The molecule has 4 nitrogen and oxygen atoms in total. The highest BCUT2D eigenvalue weighted by molar-refractivity contribution is 6.30. The quantitative estimate of drug-likeness (QED) is 0.660. The Hall–Kier alpha value is -3.11. The average Bonchev–Trinajstić information content (AvgIpc) is 2.69. The summed E-state index contributed by atoms with van der Waals surface area (Å²) in [6.07, 6.45) is 0.742. The minimum Gasteiger partial charge on any atom is -0.352 e. The van der Waals surface area contributed by atoms with Crippen molar-refractivity contribution in [2.24, 2.45) is 0 Å². The zero-order valence-electron chi connectivity index (χ0n) is 14.6. The van der Waals surface area contributed by atoms with Crippen LogP contribution in [0.4, 0.5) is 5.69 Å². The zero-order chi connectivity index (χ0) is 19.1. The number of carbonyl (C=O) groups is 2. The fourth-order valence-corrected chi connectivity index (χ4v) is 2.77. The second kappa shape index (κ2) is 9.01. The van der Waals surface area contributed by atoms with Crippen molar-refractivity contribution >= 4 is 29.1 Å². The number of anilines is 1. The van der Waals surface area contributed by atoms with Crippen molar-refractivity contribution in [1.82, 2.24) is 5.32 Å². The molecule has 3 aromatic carbocycles. The fraction of sp³-hybridized carbons (Fsp3) is 0.0909. The lowest BCUT2D eigenvalue weighted by molar-refractivity contribution is 0.0955. The molecule has 0 saturated carbocycles. The number of nitrogens with one attached hydrogen (secondary N) is 2. The van der Waals surface area contributed by atoms with Crippen LogP contribution in [-0.2, 0) is 6.42 Å². The number of benzene rings is 3. The van der Waals surface area contributed by atoms with Crippen molar-refractivity contribution in [3.05, 3.63) is 101 Å². The summed E-state index contributed by atoms with van der Waals surface area (Å²) in [4.78, 5) is 25.0. The Labute approximate surface area is 163 Å². The molecule has 0 saturated heterocycles. The second-order valence-corrected chi connectivity index (χ2v) is 6.43. The van der Waals surface area contributed by atoms with E-state index < -0.39 is 0 Å². The molecule has 0 fully saturated rings. The standard InChI is InChI=1S/C22H19ClN2O2/c23-18-12-10-17(11-13-18)21(26)25-20-9-5-4-8-19(20)22(27)24-15-14-16-6-2-1-3-7-16/h1-13H,14-15H2,(H,24,27)(H,25,26). The Bertz CT molecular complexity index is 925. The molecule has 3 rings (SSSR count). The summed E-state index contributed by atoms with van der Waals surface area (Å²) in [5.74, 6) is -0.519. The monoisotopic (exact) mass is 378 g/mol. The molecule has 0 heterocycles. The number of para-hydroxylation sites is 1. The summed E-state index contributed by atoms with van der Waals surface area (Å²) in [6.45, 7) is 0.516. The normalized spacial score (nSPS) is 10.3. The average molecular weight is 379 g/mol. The molecule has 0 aliphatic rings. The van der Waals surface area contributed by atoms with Crippen molar-refractivity contribution in [2.45, 2.75) is 6.42 Å².